The Morgan fingerprint density at radius 2 is 2.09 bits per heavy atom. The minimum atomic E-state index is -0.551. The van der Waals surface area contributed by atoms with Gasteiger partial charge >= 0.3 is 0 Å². The van der Waals surface area contributed by atoms with Gasteiger partial charge in [0.2, 0.25) is 0 Å². The highest BCUT2D eigenvalue weighted by Gasteiger charge is 2.23. The van der Waals surface area contributed by atoms with E-state index in [-0.39, 0.29) is 5.56 Å². The van der Waals surface area contributed by atoms with Crippen LogP contribution in [0, 0.1) is 17.1 Å². The van der Waals surface area contributed by atoms with Crippen LogP contribution in [0.15, 0.2) is 90.0 Å². The fourth-order valence-corrected chi connectivity index (χ4v) is 3.95. The number of pyridine rings is 1. The van der Waals surface area contributed by atoms with Gasteiger partial charge in [-0.15, -0.1) is 0 Å². The first kappa shape index (κ1) is 24.6. The SMILES string of the molecule is C=C/C(=C\C1=C(N(C)/C(C=NC(=C)CC)=C/C)CCc2cccnc21)c1cccc(F)c1C#N. The zero-order chi connectivity index (χ0) is 24.7. The van der Waals surface area contributed by atoms with Crippen LogP contribution in [0.1, 0.15) is 49.1 Å². The van der Waals surface area contributed by atoms with Crippen molar-refractivity contribution >= 4 is 17.4 Å². The molecule has 0 saturated carbocycles. The quantitative estimate of drug-likeness (QED) is 0.325. The number of aromatic nitrogens is 1. The van der Waals surface area contributed by atoms with E-state index in [2.05, 4.69) is 34.1 Å². The summed E-state index contributed by atoms with van der Waals surface area (Å²) < 4.78 is 14.4. The second-order valence-electron chi connectivity index (χ2n) is 7.90. The molecule has 0 aliphatic heterocycles. The zero-order valence-corrected chi connectivity index (χ0v) is 20.0. The van der Waals surface area contributed by atoms with Gasteiger partial charge in [-0.05, 0) is 55.5 Å². The van der Waals surface area contributed by atoms with Gasteiger partial charge in [-0.2, -0.15) is 5.26 Å². The lowest BCUT2D eigenvalue weighted by Gasteiger charge is -2.30. The monoisotopic (exact) mass is 452 g/mol. The number of aliphatic imine (C=N–C) groups is 1. The maximum Gasteiger partial charge on any atom is 0.141 e. The summed E-state index contributed by atoms with van der Waals surface area (Å²) >= 11 is 0. The highest BCUT2D eigenvalue weighted by atomic mass is 19.1. The normalized spacial score (nSPS) is 14.1. The standard InChI is InChI=1S/C29H29FN4/c1-6-20(4)33-19-23(8-3)34(5)28-15-14-22-11-10-16-32-29(22)25(28)17-21(7-2)24-12-9-13-27(30)26(24)18-31/h7-13,16-17,19H,2,4,6,14-15H2,1,3,5H3/b21-17+,23-8+,33-19?. The molecule has 1 aromatic heterocycles. The molecule has 1 aliphatic carbocycles. The summed E-state index contributed by atoms with van der Waals surface area (Å²) in [5, 5.41) is 9.56. The molecule has 0 radical (unpaired) electrons. The Balaban J connectivity index is 2.22. The average Bonchev–Trinajstić information content (AvgIpc) is 2.86. The summed E-state index contributed by atoms with van der Waals surface area (Å²) in [4.78, 5) is 11.3. The molecule has 172 valence electrons. The minimum absolute atomic E-state index is 0.000521. The van der Waals surface area contributed by atoms with Crippen molar-refractivity contribution in [1.29, 1.82) is 5.26 Å². The van der Waals surface area contributed by atoms with Gasteiger partial charge in [0.1, 0.15) is 11.9 Å². The van der Waals surface area contributed by atoms with Crippen LogP contribution in [0.2, 0.25) is 0 Å². The Morgan fingerprint density at radius 3 is 2.76 bits per heavy atom. The van der Waals surface area contributed by atoms with Crippen molar-refractivity contribution in [2.75, 3.05) is 7.05 Å². The second-order valence-corrected chi connectivity index (χ2v) is 7.90. The Hall–Kier alpha value is -4.04. The third-order valence-corrected chi connectivity index (χ3v) is 5.92. The molecule has 3 rings (SSSR count). The first-order chi connectivity index (χ1) is 16.4. The van der Waals surface area contributed by atoms with Gasteiger partial charge in [0.15, 0.2) is 0 Å². The lowest BCUT2D eigenvalue weighted by molar-refractivity contribution is 0.516. The number of hydrogen-bond donors (Lipinski definition) is 0. The van der Waals surface area contributed by atoms with E-state index in [1.807, 2.05) is 51.4 Å². The molecule has 1 aromatic carbocycles. The summed E-state index contributed by atoms with van der Waals surface area (Å²) in [5.41, 5.74) is 6.88. The maximum absolute atomic E-state index is 14.4. The van der Waals surface area contributed by atoms with Crippen LogP contribution in [-0.4, -0.2) is 23.1 Å². The van der Waals surface area contributed by atoms with Gasteiger partial charge < -0.3 is 4.90 Å². The maximum atomic E-state index is 14.4. The third-order valence-electron chi connectivity index (χ3n) is 5.92. The van der Waals surface area contributed by atoms with Crippen molar-refractivity contribution < 1.29 is 4.39 Å². The van der Waals surface area contributed by atoms with E-state index in [9.17, 15) is 9.65 Å². The number of allylic oxidation sites excluding steroid dienone is 8. The van der Waals surface area contributed by atoms with E-state index >= 15 is 0 Å². The van der Waals surface area contributed by atoms with Gasteiger partial charge in [-0.1, -0.05) is 50.4 Å². The van der Waals surface area contributed by atoms with Gasteiger partial charge in [0.25, 0.3) is 0 Å². The van der Waals surface area contributed by atoms with Gasteiger partial charge in [-0.25, -0.2) is 4.39 Å². The largest absolute Gasteiger partial charge is 0.347 e. The molecule has 0 amide bonds. The van der Waals surface area contributed by atoms with Gasteiger partial charge in [0.05, 0.1) is 23.2 Å². The smallest absolute Gasteiger partial charge is 0.141 e. The van der Waals surface area contributed by atoms with E-state index in [0.717, 1.165) is 53.2 Å². The zero-order valence-electron chi connectivity index (χ0n) is 20.0. The highest BCUT2D eigenvalue weighted by Crippen LogP contribution is 2.36. The van der Waals surface area contributed by atoms with Crippen LogP contribution in [-0.2, 0) is 6.42 Å². The Kier molecular flexibility index (Phi) is 8.10. The Bertz CT molecular complexity index is 1270. The van der Waals surface area contributed by atoms with Crippen LogP contribution in [0.5, 0.6) is 0 Å². The van der Waals surface area contributed by atoms with E-state index in [0.29, 0.717) is 11.1 Å². The van der Waals surface area contributed by atoms with Crippen LogP contribution in [0.4, 0.5) is 4.39 Å². The molecule has 0 atom stereocenters. The third kappa shape index (κ3) is 5.13. The number of nitrogens with zero attached hydrogens (tertiary/aromatic N) is 4. The van der Waals surface area contributed by atoms with Crippen molar-refractivity contribution in [3.63, 3.8) is 0 Å². The number of rotatable bonds is 8. The first-order valence-electron chi connectivity index (χ1n) is 11.3. The van der Waals surface area contributed by atoms with E-state index < -0.39 is 5.82 Å². The van der Waals surface area contributed by atoms with Gasteiger partial charge in [-0.3, -0.25) is 9.98 Å². The highest BCUT2D eigenvalue weighted by molar-refractivity contribution is 5.91. The molecule has 4 nitrogen and oxygen atoms in total. The first-order valence-corrected chi connectivity index (χ1v) is 11.3. The summed E-state index contributed by atoms with van der Waals surface area (Å²) in [6.07, 6.45) is 11.6. The van der Waals surface area contributed by atoms with Crippen LogP contribution < -0.4 is 0 Å². The van der Waals surface area contributed by atoms with E-state index in [4.69, 9.17) is 0 Å². The van der Waals surface area contributed by atoms with Crippen molar-refractivity contribution in [2.45, 2.75) is 33.1 Å². The lowest BCUT2D eigenvalue weighted by atomic mass is 9.89. The lowest BCUT2D eigenvalue weighted by Crippen LogP contribution is -2.23. The number of halogens is 1. The number of aryl methyl sites for hydroxylation is 1. The van der Waals surface area contributed by atoms with Gasteiger partial charge in [0, 0.05) is 35.8 Å². The van der Waals surface area contributed by atoms with Crippen molar-refractivity contribution in [2.24, 2.45) is 4.99 Å². The molecular weight excluding hydrogens is 423 g/mol. The molecule has 0 fully saturated rings. The molecule has 34 heavy (non-hydrogen) atoms. The molecule has 0 N–H and O–H groups in total. The summed E-state index contributed by atoms with van der Waals surface area (Å²) in [6, 6.07) is 10.6. The molecule has 2 aromatic rings. The predicted octanol–water partition coefficient (Wildman–Crippen LogP) is 6.85. The molecule has 5 heteroatoms. The molecular formula is C29H29FN4. The van der Waals surface area contributed by atoms with Crippen LogP contribution >= 0.6 is 0 Å². The molecule has 0 saturated heterocycles. The number of hydrogen-bond acceptors (Lipinski definition) is 4. The predicted molar refractivity (Wildman–Crippen MR) is 138 cm³/mol. The minimum Gasteiger partial charge on any atom is -0.347 e. The average molecular weight is 453 g/mol. The van der Waals surface area contributed by atoms with E-state index in [1.54, 1.807) is 24.4 Å². The second kappa shape index (κ2) is 11.2. The topological polar surface area (TPSA) is 52.3 Å². The summed E-state index contributed by atoms with van der Waals surface area (Å²) in [5.74, 6) is -0.551. The van der Waals surface area contributed by atoms with Crippen molar-refractivity contribution in [3.8, 4) is 6.07 Å². The molecule has 1 heterocycles. The van der Waals surface area contributed by atoms with Crippen molar-refractivity contribution in [1.82, 2.24) is 9.88 Å². The Morgan fingerprint density at radius 1 is 1.29 bits per heavy atom. The Labute approximate surface area is 201 Å². The number of nitriles is 1. The van der Waals surface area contributed by atoms with Crippen LogP contribution in [0.3, 0.4) is 0 Å². The number of fused-ring (bicyclic) bond motifs is 1. The molecule has 1 aliphatic rings. The van der Waals surface area contributed by atoms with E-state index in [1.165, 1.54) is 6.07 Å². The molecule has 0 unspecified atom stereocenters. The molecule has 0 bridgehead atoms. The molecule has 0 spiro atoms. The fraction of sp³-hybridized carbons (Fsp3) is 0.207. The van der Waals surface area contributed by atoms with Crippen LogP contribution in [0.25, 0.3) is 11.1 Å². The summed E-state index contributed by atoms with van der Waals surface area (Å²) in [7, 11) is 2.00. The number of benzene rings is 1. The van der Waals surface area contributed by atoms with Crippen molar-refractivity contribution in [3.05, 3.63) is 113 Å². The summed E-state index contributed by atoms with van der Waals surface area (Å²) in [6.45, 7) is 11.9. The fourth-order valence-electron chi connectivity index (χ4n) is 3.95.